The summed E-state index contributed by atoms with van der Waals surface area (Å²) < 4.78 is 0.873. The van der Waals surface area contributed by atoms with E-state index in [0.717, 1.165) is 69.3 Å². The lowest BCUT2D eigenvalue weighted by Crippen LogP contribution is -2.45. The fourth-order valence-corrected chi connectivity index (χ4v) is 5.29. The first kappa shape index (κ1) is 20.3. The minimum absolute atomic E-state index is 0.114. The van der Waals surface area contributed by atoms with Crippen molar-refractivity contribution in [2.75, 3.05) is 43.4 Å². The van der Waals surface area contributed by atoms with Crippen LogP contribution in [0.1, 0.15) is 26.6 Å². The number of carbonyl (C=O) groups excluding carboxylic acids is 1. The van der Waals surface area contributed by atoms with Gasteiger partial charge in [0, 0.05) is 30.7 Å². The van der Waals surface area contributed by atoms with Crippen molar-refractivity contribution in [2.45, 2.75) is 20.8 Å². The van der Waals surface area contributed by atoms with Gasteiger partial charge in [0.25, 0.3) is 5.91 Å². The number of aromatic nitrogens is 2. The molecule has 1 N–H and O–H groups in total. The van der Waals surface area contributed by atoms with Gasteiger partial charge in [-0.15, -0.1) is 11.3 Å². The third-order valence-electron chi connectivity index (χ3n) is 5.26. The number of nitrogens with one attached hydrogen (secondary N) is 1. The van der Waals surface area contributed by atoms with Gasteiger partial charge in [0.05, 0.1) is 16.0 Å². The second-order valence-corrected chi connectivity index (χ2v) is 9.41. The van der Waals surface area contributed by atoms with Crippen LogP contribution in [0.15, 0.2) is 22.7 Å². The summed E-state index contributed by atoms with van der Waals surface area (Å²) in [4.78, 5) is 28.6. The van der Waals surface area contributed by atoms with E-state index in [1.807, 2.05) is 39.0 Å². The maximum atomic E-state index is 13.1. The van der Waals surface area contributed by atoms with Crippen LogP contribution in [0.25, 0.3) is 10.2 Å². The molecule has 6 nitrogen and oxygen atoms in total. The molecule has 1 amide bonds. The van der Waals surface area contributed by atoms with E-state index in [0.29, 0.717) is 4.88 Å². The quantitative estimate of drug-likeness (QED) is 0.611. The Kier molecular flexibility index (Phi) is 5.59. The highest BCUT2D eigenvalue weighted by molar-refractivity contribution is 9.10. The highest BCUT2D eigenvalue weighted by Gasteiger charge is 2.24. The number of fused-ring (bicyclic) bond motifs is 1. The van der Waals surface area contributed by atoms with Crippen molar-refractivity contribution >= 4 is 54.9 Å². The minimum Gasteiger partial charge on any atom is -0.353 e. The molecular weight excluding hydrogens is 450 g/mol. The number of hydrogen-bond acceptors (Lipinski definition) is 6. The molecular formula is C21H24BrN5OS. The molecule has 152 valence electrons. The summed E-state index contributed by atoms with van der Waals surface area (Å²) in [5.74, 6) is 1.57. The zero-order valence-corrected chi connectivity index (χ0v) is 19.4. The molecule has 0 spiro atoms. The summed E-state index contributed by atoms with van der Waals surface area (Å²) in [5, 5.41) is 4.03. The number of anilines is 2. The zero-order valence-electron chi connectivity index (χ0n) is 17.0. The Balaban J connectivity index is 1.71. The maximum Gasteiger partial charge on any atom is 0.266 e. The van der Waals surface area contributed by atoms with Gasteiger partial charge < -0.3 is 15.1 Å². The van der Waals surface area contributed by atoms with E-state index in [1.165, 1.54) is 11.3 Å². The van der Waals surface area contributed by atoms with Crippen molar-refractivity contribution in [2.24, 2.45) is 0 Å². The van der Waals surface area contributed by atoms with Crippen molar-refractivity contribution in [3.63, 3.8) is 0 Å². The fourth-order valence-electron chi connectivity index (χ4n) is 3.59. The number of halogens is 1. The maximum absolute atomic E-state index is 13.1. The molecule has 4 rings (SSSR count). The molecule has 8 heteroatoms. The summed E-state index contributed by atoms with van der Waals surface area (Å²) in [6.07, 6.45) is 0. The van der Waals surface area contributed by atoms with E-state index in [9.17, 15) is 4.79 Å². The molecule has 0 unspecified atom stereocenters. The van der Waals surface area contributed by atoms with Crippen LogP contribution < -0.4 is 10.2 Å². The molecule has 3 heterocycles. The van der Waals surface area contributed by atoms with E-state index in [2.05, 4.69) is 43.1 Å². The topological polar surface area (TPSA) is 61.4 Å². The molecule has 1 aliphatic heterocycles. The van der Waals surface area contributed by atoms with Crippen LogP contribution in [-0.2, 0) is 0 Å². The molecule has 0 aliphatic carbocycles. The Bertz CT molecular complexity index is 1090. The molecule has 0 saturated carbocycles. The van der Waals surface area contributed by atoms with Crippen LogP contribution in [0.4, 0.5) is 11.5 Å². The number of amides is 1. The van der Waals surface area contributed by atoms with Crippen LogP contribution in [0.2, 0.25) is 0 Å². The van der Waals surface area contributed by atoms with Crippen molar-refractivity contribution < 1.29 is 4.79 Å². The van der Waals surface area contributed by atoms with Crippen molar-refractivity contribution in [1.29, 1.82) is 0 Å². The van der Waals surface area contributed by atoms with Gasteiger partial charge >= 0.3 is 0 Å². The number of carbonyl (C=O) groups is 1. The first-order chi connectivity index (χ1) is 13.8. The van der Waals surface area contributed by atoms with Gasteiger partial charge in [-0.1, -0.05) is 6.07 Å². The lowest BCUT2D eigenvalue weighted by molar-refractivity contribution is 0.103. The highest BCUT2D eigenvalue weighted by Crippen LogP contribution is 2.36. The first-order valence-electron chi connectivity index (χ1n) is 9.62. The molecule has 0 bridgehead atoms. The zero-order chi connectivity index (χ0) is 20.7. The Hall–Kier alpha value is -2.03. The average Bonchev–Trinajstić information content (AvgIpc) is 3.00. The van der Waals surface area contributed by atoms with Gasteiger partial charge in [0.2, 0.25) is 0 Å². The predicted molar refractivity (Wildman–Crippen MR) is 123 cm³/mol. The monoisotopic (exact) mass is 473 g/mol. The highest BCUT2D eigenvalue weighted by atomic mass is 79.9. The van der Waals surface area contributed by atoms with Crippen LogP contribution >= 0.6 is 27.3 Å². The van der Waals surface area contributed by atoms with E-state index < -0.39 is 0 Å². The largest absolute Gasteiger partial charge is 0.353 e. The van der Waals surface area contributed by atoms with Crippen molar-refractivity contribution in [3.05, 3.63) is 44.5 Å². The Morgan fingerprint density at radius 3 is 2.55 bits per heavy atom. The van der Waals surface area contributed by atoms with E-state index in [4.69, 9.17) is 4.98 Å². The van der Waals surface area contributed by atoms with Crippen LogP contribution in [-0.4, -0.2) is 54.0 Å². The molecule has 1 saturated heterocycles. The number of nitrogens with zero attached hydrogens (tertiary/aromatic N) is 4. The molecule has 0 radical (unpaired) electrons. The summed E-state index contributed by atoms with van der Waals surface area (Å²) >= 11 is 4.97. The first-order valence-corrected chi connectivity index (χ1v) is 11.2. The number of aryl methyl sites for hydroxylation is 3. The van der Waals surface area contributed by atoms with Gasteiger partial charge in [-0.3, -0.25) is 4.79 Å². The minimum atomic E-state index is -0.114. The third kappa shape index (κ3) is 4.01. The van der Waals surface area contributed by atoms with Gasteiger partial charge in [-0.2, -0.15) is 0 Å². The molecule has 1 fully saturated rings. The van der Waals surface area contributed by atoms with Crippen LogP contribution in [0.5, 0.6) is 0 Å². The number of rotatable bonds is 3. The SMILES string of the molecule is Cc1ccc(NC(=O)c2sc3nc(C)nc(N4CCN(C)CC4)c3c2C)c(Br)c1. The second-order valence-electron chi connectivity index (χ2n) is 7.56. The summed E-state index contributed by atoms with van der Waals surface area (Å²) in [6.45, 7) is 9.79. The summed E-state index contributed by atoms with van der Waals surface area (Å²) in [6, 6.07) is 5.89. The number of benzene rings is 1. The lowest BCUT2D eigenvalue weighted by atomic mass is 10.1. The Morgan fingerprint density at radius 2 is 1.86 bits per heavy atom. The number of hydrogen-bond donors (Lipinski definition) is 1. The Morgan fingerprint density at radius 1 is 1.14 bits per heavy atom. The smallest absolute Gasteiger partial charge is 0.266 e. The predicted octanol–water partition coefficient (Wildman–Crippen LogP) is 4.38. The van der Waals surface area contributed by atoms with Crippen LogP contribution in [0, 0.1) is 20.8 Å². The molecule has 3 aromatic rings. The summed E-state index contributed by atoms with van der Waals surface area (Å²) in [5.41, 5.74) is 2.84. The number of piperazine rings is 1. The van der Waals surface area contributed by atoms with E-state index in [1.54, 1.807) is 0 Å². The van der Waals surface area contributed by atoms with E-state index >= 15 is 0 Å². The summed E-state index contributed by atoms with van der Waals surface area (Å²) in [7, 11) is 2.14. The fraction of sp³-hybridized carbons (Fsp3) is 0.381. The van der Waals surface area contributed by atoms with Gasteiger partial charge in [0.1, 0.15) is 16.5 Å². The number of thiophene rings is 1. The van der Waals surface area contributed by atoms with Crippen molar-refractivity contribution in [3.8, 4) is 0 Å². The standard InChI is InChI=1S/C21H24BrN5OS/c1-12-5-6-16(15(22)11-12)25-20(28)18-13(2)17-19(23-14(3)24-21(17)29-18)27-9-7-26(4)8-10-27/h5-6,11H,7-10H2,1-4H3,(H,25,28). The molecule has 1 aliphatic rings. The lowest BCUT2D eigenvalue weighted by Gasteiger charge is -2.33. The number of likely N-dealkylation sites (N-methyl/N-ethyl adjacent to an activating group) is 1. The van der Waals surface area contributed by atoms with Crippen molar-refractivity contribution in [1.82, 2.24) is 14.9 Å². The Labute approximate surface area is 183 Å². The third-order valence-corrected chi connectivity index (χ3v) is 7.11. The molecule has 0 atom stereocenters. The normalized spacial score (nSPS) is 15.1. The van der Waals surface area contributed by atoms with Gasteiger partial charge in [-0.05, 0) is 67.0 Å². The molecule has 2 aromatic heterocycles. The second kappa shape index (κ2) is 8.01. The van der Waals surface area contributed by atoms with Crippen LogP contribution in [0.3, 0.4) is 0 Å². The average molecular weight is 474 g/mol. The van der Waals surface area contributed by atoms with Gasteiger partial charge in [-0.25, -0.2) is 9.97 Å². The molecule has 29 heavy (non-hydrogen) atoms. The molecule has 1 aromatic carbocycles. The van der Waals surface area contributed by atoms with Gasteiger partial charge in [0.15, 0.2) is 0 Å². The van der Waals surface area contributed by atoms with E-state index in [-0.39, 0.29) is 5.91 Å².